The first kappa shape index (κ1) is 17.1. The van der Waals surface area contributed by atoms with Crippen LogP contribution in [0.5, 0.6) is 0 Å². The summed E-state index contributed by atoms with van der Waals surface area (Å²) in [7, 11) is -3.28. The Morgan fingerprint density at radius 3 is 2.27 bits per heavy atom. The highest BCUT2D eigenvalue weighted by atomic mass is 32.2. The van der Waals surface area contributed by atoms with E-state index in [1.54, 1.807) is 11.8 Å². The molecule has 0 aromatic heterocycles. The lowest BCUT2D eigenvalue weighted by Gasteiger charge is -2.07. The van der Waals surface area contributed by atoms with Crippen LogP contribution in [0.25, 0.3) is 0 Å². The molecule has 0 spiro atoms. The highest BCUT2D eigenvalue weighted by Crippen LogP contribution is 2.17. The van der Waals surface area contributed by atoms with E-state index in [1.165, 1.54) is 4.90 Å². The summed E-state index contributed by atoms with van der Waals surface area (Å²) in [6, 6.07) is 17.5. The molecule has 0 amide bonds. The molecule has 0 bridgehead atoms. The molecule has 2 rings (SSSR count). The third kappa shape index (κ3) is 5.83. The standard InChI is InChI=1S/C17H21NO2S2/c1-2-21-17-10-8-15(9-11-17)12-13-18-22(19,20)14-16-6-4-3-5-7-16/h3-11,18H,2,12-14H2,1H3. The van der Waals surface area contributed by atoms with Crippen molar-refractivity contribution in [1.29, 1.82) is 0 Å². The Labute approximate surface area is 137 Å². The third-order valence-electron chi connectivity index (χ3n) is 3.17. The summed E-state index contributed by atoms with van der Waals surface area (Å²) in [5.74, 6) is 1.08. The Morgan fingerprint density at radius 2 is 1.64 bits per heavy atom. The van der Waals surface area contributed by atoms with Gasteiger partial charge in [-0.15, -0.1) is 11.8 Å². The second kappa shape index (κ2) is 8.36. The summed E-state index contributed by atoms with van der Waals surface area (Å²) in [4.78, 5) is 1.25. The number of sulfonamides is 1. The lowest BCUT2D eigenvalue weighted by atomic mass is 10.2. The molecule has 1 N–H and O–H groups in total. The molecule has 0 saturated carbocycles. The van der Waals surface area contributed by atoms with Gasteiger partial charge in [0.1, 0.15) is 0 Å². The van der Waals surface area contributed by atoms with E-state index in [2.05, 4.69) is 35.9 Å². The molecule has 0 radical (unpaired) electrons. The summed E-state index contributed by atoms with van der Waals surface area (Å²) in [6.07, 6.45) is 0.699. The van der Waals surface area contributed by atoms with Gasteiger partial charge in [-0.05, 0) is 35.4 Å². The number of benzene rings is 2. The van der Waals surface area contributed by atoms with Crippen molar-refractivity contribution in [3.05, 3.63) is 65.7 Å². The van der Waals surface area contributed by atoms with Gasteiger partial charge in [0.05, 0.1) is 5.75 Å². The van der Waals surface area contributed by atoms with Crippen LogP contribution in [0, 0.1) is 0 Å². The van der Waals surface area contributed by atoms with E-state index in [0.717, 1.165) is 16.9 Å². The summed E-state index contributed by atoms with van der Waals surface area (Å²) in [5, 5.41) is 0. The van der Waals surface area contributed by atoms with Crippen LogP contribution in [-0.2, 0) is 22.2 Å². The van der Waals surface area contributed by atoms with Crippen molar-refractivity contribution in [1.82, 2.24) is 4.72 Å². The fraction of sp³-hybridized carbons (Fsp3) is 0.294. The summed E-state index contributed by atoms with van der Waals surface area (Å²) < 4.78 is 26.7. The van der Waals surface area contributed by atoms with Crippen molar-refractivity contribution < 1.29 is 8.42 Å². The summed E-state index contributed by atoms with van der Waals surface area (Å²) >= 11 is 1.80. The smallest absolute Gasteiger partial charge is 0.215 e. The zero-order valence-corrected chi connectivity index (χ0v) is 14.3. The van der Waals surface area contributed by atoms with Crippen molar-refractivity contribution in [3.8, 4) is 0 Å². The van der Waals surface area contributed by atoms with Crippen LogP contribution in [-0.4, -0.2) is 20.7 Å². The SMILES string of the molecule is CCSc1ccc(CCNS(=O)(=O)Cc2ccccc2)cc1. The molecule has 0 aliphatic heterocycles. The maximum atomic E-state index is 12.0. The van der Waals surface area contributed by atoms with E-state index in [4.69, 9.17) is 0 Å². The normalized spacial score (nSPS) is 11.5. The van der Waals surface area contributed by atoms with E-state index < -0.39 is 10.0 Å². The second-order valence-corrected chi connectivity index (χ2v) is 8.11. The van der Waals surface area contributed by atoms with Crippen LogP contribution in [0.2, 0.25) is 0 Å². The molecule has 2 aromatic carbocycles. The zero-order valence-electron chi connectivity index (χ0n) is 12.7. The van der Waals surface area contributed by atoms with Crippen LogP contribution >= 0.6 is 11.8 Å². The Morgan fingerprint density at radius 1 is 0.955 bits per heavy atom. The monoisotopic (exact) mass is 335 g/mol. The molecule has 5 heteroatoms. The molecule has 0 fully saturated rings. The van der Waals surface area contributed by atoms with E-state index >= 15 is 0 Å². The number of hydrogen-bond donors (Lipinski definition) is 1. The minimum atomic E-state index is -3.28. The Hall–Kier alpha value is -1.30. The maximum absolute atomic E-state index is 12.0. The molecular weight excluding hydrogens is 314 g/mol. The second-order valence-electron chi connectivity index (χ2n) is 4.97. The number of thioether (sulfide) groups is 1. The van der Waals surface area contributed by atoms with Gasteiger partial charge in [0.25, 0.3) is 0 Å². The molecule has 118 valence electrons. The van der Waals surface area contributed by atoms with Gasteiger partial charge in [-0.1, -0.05) is 49.4 Å². The van der Waals surface area contributed by atoms with Crippen LogP contribution in [0.4, 0.5) is 0 Å². The number of nitrogens with one attached hydrogen (secondary N) is 1. The largest absolute Gasteiger partial charge is 0.215 e. The van der Waals surface area contributed by atoms with Crippen LogP contribution in [0.3, 0.4) is 0 Å². The summed E-state index contributed by atoms with van der Waals surface area (Å²) in [6.45, 7) is 2.55. The highest BCUT2D eigenvalue weighted by molar-refractivity contribution is 7.99. The Balaban J connectivity index is 1.82. The van der Waals surface area contributed by atoms with Crippen LogP contribution in [0.1, 0.15) is 18.1 Å². The average Bonchev–Trinajstić information content (AvgIpc) is 2.50. The van der Waals surface area contributed by atoms with Crippen LogP contribution < -0.4 is 4.72 Å². The van der Waals surface area contributed by atoms with Gasteiger partial charge in [0.15, 0.2) is 0 Å². The first-order valence-corrected chi connectivity index (χ1v) is 9.96. The predicted molar refractivity (Wildman–Crippen MR) is 93.6 cm³/mol. The zero-order chi connectivity index (χ0) is 15.8. The fourth-order valence-corrected chi connectivity index (χ4v) is 3.92. The van der Waals surface area contributed by atoms with Gasteiger partial charge in [0.2, 0.25) is 10.0 Å². The quantitative estimate of drug-likeness (QED) is 0.752. The van der Waals surface area contributed by atoms with Crippen LogP contribution in [0.15, 0.2) is 59.5 Å². The molecule has 0 heterocycles. The fourth-order valence-electron chi connectivity index (χ4n) is 2.11. The Kier molecular flexibility index (Phi) is 6.49. The first-order valence-electron chi connectivity index (χ1n) is 7.32. The van der Waals surface area contributed by atoms with Crippen molar-refractivity contribution in [2.45, 2.75) is 24.0 Å². The molecule has 0 unspecified atom stereocenters. The molecule has 2 aromatic rings. The third-order valence-corrected chi connectivity index (χ3v) is 5.42. The summed E-state index contributed by atoms with van der Waals surface area (Å²) in [5.41, 5.74) is 1.94. The van der Waals surface area contributed by atoms with Gasteiger partial charge in [-0.2, -0.15) is 0 Å². The van der Waals surface area contributed by atoms with Gasteiger partial charge in [0, 0.05) is 11.4 Å². The predicted octanol–water partition coefficient (Wildman–Crippen LogP) is 3.46. The van der Waals surface area contributed by atoms with Crippen molar-refractivity contribution in [3.63, 3.8) is 0 Å². The number of rotatable bonds is 8. The molecule has 0 aliphatic rings. The van der Waals surface area contributed by atoms with Gasteiger partial charge in [-0.25, -0.2) is 13.1 Å². The van der Waals surface area contributed by atoms with Gasteiger partial charge < -0.3 is 0 Å². The van der Waals surface area contributed by atoms with E-state index in [1.807, 2.05) is 30.3 Å². The van der Waals surface area contributed by atoms with E-state index in [0.29, 0.717) is 13.0 Å². The van der Waals surface area contributed by atoms with Gasteiger partial charge in [-0.3, -0.25) is 0 Å². The minimum absolute atomic E-state index is 0.0277. The molecule has 22 heavy (non-hydrogen) atoms. The highest BCUT2D eigenvalue weighted by Gasteiger charge is 2.10. The topological polar surface area (TPSA) is 46.2 Å². The molecule has 3 nitrogen and oxygen atoms in total. The molecular formula is C17H21NO2S2. The van der Waals surface area contributed by atoms with Crippen molar-refractivity contribution in [2.75, 3.05) is 12.3 Å². The first-order chi connectivity index (χ1) is 10.6. The average molecular weight is 335 g/mol. The molecule has 0 aliphatic carbocycles. The Bertz CT molecular complexity index is 668. The van der Waals surface area contributed by atoms with E-state index in [-0.39, 0.29) is 5.75 Å². The minimum Gasteiger partial charge on any atom is -0.215 e. The van der Waals surface area contributed by atoms with E-state index in [9.17, 15) is 8.42 Å². The molecule has 0 saturated heterocycles. The maximum Gasteiger partial charge on any atom is 0.215 e. The van der Waals surface area contributed by atoms with Gasteiger partial charge >= 0.3 is 0 Å². The lowest BCUT2D eigenvalue weighted by molar-refractivity contribution is 0.581. The van der Waals surface area contributed by atoms with Crippen molar-refractivity contribution >= 4 is 21.8 Å². The number of hydrogen-bond acceptors (Lipinski definition) is 3. The van der Waals surface area contributed by atoms with Crippen molar-refractivity contribution in [2.24, 2.45) is 0 Å². The lowest BCUT2D eigenvalue weighted by Crippen LogP contribution is -2.27. The molecule has 0 atom stereocenters.